The summed E-state index contributed by atoms with van der Waals surface area (Å²) in [7, 11) is 1.61. The lowest BCUT2D eigenvalue weighted by Gasteiger charge is -2.19. The molecule has 6 rings (SSSR count). The first-order valence-electron chi connectivity index (χ1n) is 11.9. The Bertz CT molecular complexity index is 1530. The van der Waals surface area contributed by atoms with E-state index in [4.69, 9.17) is 14.5 Å². The summed E-state index contributed by atoms with van der Waals surface area (Å²) >= 11 is 1.64. The van der Waals surface area contributed by atoms with Crippen LogP contribution in [-0.4, -0.2) is 41.8 Å². The minimum absolute atomic E-state index is 0.315. The van der Waals surface area contributed by atoms with Gasteiger partial charge in [-0.25, -0.2) is 14.4 Å². The fraction of sp³-hybridized carbons (Fsp3) is 0.214. The van der Waals surface area contributed by atoms with Gasteiger partial charge in [0.05, 0.1) is 36.2 Å². The van der Waals surface area contributed by atoms with Crippen LogP contribution < -0.4 is 10.1 Å². The predicted molar refractivity (Wildman–Crippen MR) is 141 cm³/mol. The van der Waals surface area contributed by atoms with Crippen molar-refractivity contribution < 1.29 is 13.9 Å². The molecule has 0 unspecified atom stereocenters. The number of benzene rings is 2. The van der Waals surface area contributed by atoms with Crippen molar-refractivity contribution in [3.05, 3.63) is 77.3 Å². The van der Waals surface area contributed by atoms with E-state index in [-0.39, 0.29) is 5.82 Å². The van der Waals surface area contributed by atoms with Gasteiger partial charge in [0.1, 0.15) is 18.2 Å². The molecule has 2 aromatic carbocycles. The number of aromatic nitrogens is 3. The van der Waals surface area contributed by atoms with Crippen LogP contribution >= 0.6 is 11.3 Å². The molecule has 0 radical (unpaired) electrons. The van der Waals surface area contributed by atoms with Crippen LogP contribution in [0.4, 0.5) is 4.39 Å². The number of halogens is 1. The molecule has 0 amide bonds. The van der Waals surface area contributed by atoms with Crippen molar-refractivity contribution in [3.63, 3.8) is 0 Å². The topological polar surface area (TPSA) is 72.1 Å². The summed E-state index contributed by atoms with van der Waals surface area (Å²) in [5.41, 5.74) is 7.91. The highest BCUT2D eigenvalue weighted by Gasteiger charge is 2.23. The molecule has 0 saturated carbocycles. The van der Waals surface area contributed by atoms with Gasteiger partial charge in [-0.15, -0.1) is 11.3 Å². The molecule has 1 aliphatic heterocycles. The number of methoxy groups -OCH3 is 1. The van der Waals surface area contributed by atoms with Gasteiger partial charge in [0.15, 0.2) is 0 Å². The Kier molecular flexibility index (Phi) is 6.23. The SMILES string of the molecule is COCCOc1cc(F)ccc1-c1c(-c2cnc[nH]2)nc(-c2ccc3c(c2)CCNC3)c2ccsc12. The molecular weight excluding hydrogens is 475 g/mol. The molecular formula is C28H25FN4O2S. The smallest absolute Gasteiger partial charge is 0.130 e. The maximum Gasteiger partial charge on any atom is 0.130 e. The Hall–Kier alpha value is -3.59. The zero-order valence-corrected chi connectivity index (χ0v) is 20.6. The molecule has 5 aromatic rings. The minimum Gasteiger partial charge on any atom is -0.490 e. The highest BCUT2D eigenvalue weighted by atomic mass is 32.1. The summed E-state index contributed by atoms with van der Waals surface area (Å²) < 4.78 is 26.4. The third-order valence-electron chi connectivity index (χ3n) is 6.49. The lowest BCUT2D eigenvalue weighted by molar-refractivity contribution is 0.146. The number of fused-ring (bicyclic) bond motifs is 2. The van der Waals surface area contributed by atoms with E-state index < -0.39 is 0 Å². The number of nitrogens with one attached hydrogen (secondary N) is 2. The van der Waals surface area contributed by atoms with Crippen LogP contribution in [0.5, 0.6) is 5.75 Å². The first-order valence-corrected chi connectivity index (χ1v) is 12.8. The normalized spacial score (nSPS) is 13.2. The fourth-order valence-electron chi connectivity index (χ4n) is 4.76. The van der Waals surface area contributed by atoms with Crippen molar-refractivity contribution in [2.45, 2.75) is 13.0 Å². The van der Waals surface area contributed by atoms with Crippen LogP contribution in [0.1, 0.15) is 11.1 Å². The number of aromatic amines is 1. The molecule has 0 fully saturated rings. The highest BCUT2D eigenvalue weighted by molar-refractivity contribution is 7.18. The number of hydrogen-bond donors (Lipinski definition) is 2. The fourth-order valence-corrected chi connectivity index (χ4v) is 5.71. The van der Waals surface area contributed by atoms with Crippen LogP contribution in [0.3, 0.4) is 0 Å². The maximum absolute atomic E-state index is 14.3. The van der Waals surface area contributed by atoms with E-state index >= 15 is 0 Å². The van der Waals surface area contributed by atoms with Crippen LogP contribution in [0, 0.1) is 5.82 Å². The van der Waals surface area contributed by atoms with Gasteiger partial charge in [0.2, 0.25) is 0 Å². The number of pyridine rings is 1. The number of thiophene rings is 1. The molecule has 182 valence electrons. The van der Waals surface area contributed by atoms with E-state index in [1.807, 2.05) is 0 Å². The van der Waals surface area contributed by atoms with Gasteiger partial charge in [0, 0.05) is 46.5 Å². The monoisotopic (exact) mass is 500 g/mol. The second-order valence-corrected chi connectivity index (χ2v) is 9.62. The van der Waals surface area contributed by atoms with Crippen molar-refractivity contribution in [1.29, 1.82) is 0 Å². The van der Waals surface area contributed by atoms with Gasteiger partial charge < -0.3 is 19.8 Å². The molecule has 8 heteroatoms. The van der Waals surface area contributed by atoms with Gasteiger partial charge in [-0.1, -0.05) is 12.1 Å². The maximum atomic E-state index is 14.3. The second kappa shape index (κ2) is 9.81. The molecule has 0 saturated heterocycles. The van der Waals surface area contributed by atoms with E-state index in [9.17, 15) is 4.39 Å². The molecule has 3 aromatic heterocycles. The quantitative estimate of drug-likeness (QED) is 0.275. The molecule has 6 nitrogen and oxygen atoms in total. The van der Waals surface area contributed by atoms with Crippen LogP contribution in [-0.2, 0) is 17.7 Å². The molecule has 0 spiro atoms. The lowest BCUT2D eigenvalue weighted by atomic mass is 9.94. The molecule has 2 N–H and O–H groups in total. The second-order valence-electron chi connectivity index (χ2n) is 8.70. The number of imidazole rings is 1. The Balaban J connectivity index is 1.59. The Morgan fingerprint density at radius 2 is 2.00 bits per heavy atom. The van der Waals surface area contributed by atoms with E-state index in [2.05, 4.69) is 44.9 Å². The standard InChI is InChI=1S/C28H25FN4O2S/c1-34-9-10-35-24-13-20(29)4-5-21(24)25-27(23-15-31-16-32-23)33-26(22-7-11-36-28(22)25)18-2-3-19-14-30-8-6-17(19)12-18/h2-5,7,11-13,15-16,30H,6,8-10,14H2,1H3,(H,31,32). The highest BCUT2D eigenvalue weighted by Crippen LogP contribution is 2.45. The number of nitrogens with zero attached hydrogens (tertiary/aromatic N) is 2. The number of hydrogen-bond acceptors (Lipinski definition) is 6. The first-order chi connectivity index (χ1) is 17.7. The molecule has 0 bridgehead atoms. The summed E-state index contributed by atoms with van der Waals surface area (Å²) in [4.78, 5) is 12.7. The average molecular weight is 501 g/mol. The third-order valence-corrected chi connectivity index (χ3v) is 7.42. The van der Waals surface area contributed by atoms with Gasteiger partial charge in [-0.3, -0.25) is 0 Å². The van der Waals surface area contributed by atoms with Crippen molar-refractivity contribution in [3.8, 4) is 39.5 Å². The molecule has 0 atom stereocenters. The number of rotatable bonds is 7. The predicted octanol–water partition coefficient (Wildman–Crippen LogP) is 5.83. The average Bonchev–Trinajstić information content (AvgIpc) is 3.61. The largest absolute Gasteiger partial charge is 0.490 e. The first kappa shape index (κ1) is 22.8. The summed E-state index contributed by atoms with van der Waals surface area (Å²) in [6.45, 7) is 2.59. The van der Waals surface area contributed by atoms with E-state index in [1.165, 1.54) is 23.3 Å². The van der Waals surface area contributed by atoms with E-state index in [0.29, 0.717) is 19.0 Å². The summed E-state index contributed by atoms with van der Waals surface area (Å²) in [5.74, 6) is 0.100. The zero-order chi connectivity index (χ0) is 24.5. The minimum atomic E-state index is -0.357. The van der Waals surface area contributed by atoms with E-state index in [0.717, 1.165) is 63.4 Å². The Morgan fingerprint density at radius 1 is 1.06 bits per heavy atom. The zero-order valence-electron chi connectivity index (χ0n) is 19.8. The summed E-state index contributed by atoms with van der Waals surface area (Å²) in [5, 5.41) is 6.57. The van der Waals surface area contributed by atoms with Crippen molar-refractivity contribution in [2.24, 2.45) is 0 Å². The van der Waals surface area contributed by atoms with Gasteiger partial charge in [-0.05, 0) is 53.7 Å². The van der Waals surface area contributed by atoms with Crippen LogP contribution in [0.25, 0.3) is 43.9 Å². The summed E-state index contributed by atoms with van der Waals surface area (Å²) in [6.07, 6.45) is 4.41. The van der Waals surface area contributed by atoms with Crippen LogP contribution in [0.15, 0.2) is 60.4 Å². The molecule has 1 aliphatic rings. The van der Waals surface area contributed by atoms with Gasteiger partial charge in [-0.2, -0.15) is 0 Å². The Morgan fingerprint density at radius 3 is 2.86 bits per heavy atom. The van der Waals surface area contributed by atoms with Crippen molar-refractivity contribution in [2.75, 3.05) is 26.9 Å². The third kappa shape index (κ3) is 4.17. The molecule has 4 heterocycles. The molecule has 0 aliphatic carbocycles. The van der Waals surface area contributed by atoms with Gasteiger partial charge >= 0.3 is 0 Å². The lowest BCUT2D eigenvalue weighted by Crippen LogP contribution is -2.23. The van der Waals surface area contributed by atoms with Crippen molar-refractivity contribution >= 4 is 21.4 Å². The number of ether oxygens (including phenoxy) is 2. The van der Waals surface area contributed by atoms with Crippen LogP contribution in [0.2, 0.25) is 0 Å². The molecule has 36 heavy (non-hydrogen) atoms. The number of H-pyrrole nitrogens is 1. The summed E-state index contributed by atoms with van der Waals surface area (Å²) in [6, 6.07) is 13.4. The van der Waals surface area contributed by atoms with Gasteiger partial charge in [0.25, 0.3) is 0 Å². The van der Waals surface area contributed by atoms with Crippen molar-refractivity contribution in [1.82, 2.24) is 20.3 Å². The van der Waals surface area contributed by atoms with E-state index in [1.54, 1.807) is 37.0 Å². The Labute approximate surface area is 212 Å².